The number of amides is 2. The predicted octanol–water partition coefficient (Wildman–Crippen LogP) is 4.57. The third-order valence-corrected chi connectivity index (χ3v) is 7.71. The van der Waals surface area contributed by atoms with E-state index in [4.69, 9.17) is 9.47 Å². The fourth-order valence-corrected chi connectivity index (χ4v) is 5.84. The van der Waals surface area contributed by atoms with E-state index in [0.29, 0.717) is 36.6 Å². The van der Waals surface area contributed by atoms with Gasteiger partial charge in [-0.15, -0.1) is 0 Å². The summed E-state index contributed by atoms with van der Waals surface area (Å²) in [5.74, 6) is 0.639. The van der Waals surface area contributed by atoms with Crippen molar-refractivity contribution in [2.75, 3.05) is 45.3 Å². The smallest absolute Gasteiger partial charge is 0.254 e. The molecule has 2 heterocycles. The highest BCUT2D eigenvalue weighted by Crippen LogP contribution is 2.48. The van der Waals surface area contributed by atoms with Gasteiger partial charge in [0.2, 0.25) is 5.91 Å². The minimum atomic E-state index is -0.516. The molecule has 0 bridgehead atoms. The van der Waals surface area contributed by atoms with Crippen LogP contribution in [0.15, 0.2) is 66.7 Å². The molecule has 0 spiro atoms. The Morgan fingerprint density at radius 1 is 1.00 bits per heavy atom. The molecule has 2 aliphatic heterocycles. The van der Waals surface area contributed by atoms with Crippen molar-refractivity contribution in [3.8, 4) is 11.5 Å². The monoisotopic (exact) mass is 513 g/mol. The molecule has 0 aromatic heterocycles. The van der Waals surface area contributed by atoms with Crippen LogP contribution in [0.1, 0.15) is 52.4 Å². The largest absolute Gasteiger partial charge is 0.493 e. The lowest BCUT2D eigenvalue weighted by Crippen LogP contribution is -2.50. The average molecular weight is 514 g/mol. The first kappa shape index (κ1) is 25.6. The molecule has 5 rings (SSSR count). The number of rotatable bonds is 9. The fourth-order valence-electron chi connectivity index (χ4n) is 5.84. The maximum Gasteiger partial charge on any atom is 0.254 e. The van der Waals surface area contributed by atoms with Gasteiger partial charge in [0.25, 0.3) is 5.91 Å². The van der Waals surface area contributed by atoms with E-state index in [1.54, 1.807) is 14.2 Å². The van der Waals surface area contributed by atoms with Gasteiger partial charge in [-0.3, -0.25) is 9.59 Å². The third kappa shape index (κ3) is 4.69. The van der Waals surface area contributed by atoms with Crippen molar-refractivity contribution in [1.82, 2.24) is 10.2 Å². The number of benzene rings is 3. The van der Waals surface area contributed by atoms with Crippen LogP contribution in [-0.2, 0) is 11.2 Å². The number of ether oxygens (including phenoxy) is 2. The van der Waals surface area contributed by atoms with E-state index in [-0.39, 0.29) is 11.8 Å². The number of hydrogen-bond donors (Lipinski definition) is 1. The van der Waals surface area contributed by atoms with Gasteiger partial charge in [0.15, 0.2) is 11.5 Å². The van der Waals surface area contributed by atoms with Gasteiger partial charge in [-0.25, -0.2) is 0 Å². The van der Waals surface area contributed by atoms with Crippen molar-refractivity contribution >= 4 is 17.5 Å². The number of carbonyl (C=O) groups is 2. The Bertz CT molecular complexity index is 1310. The standard InChI is InChI=1S/C31H35N3O4/c1-4-33(22-11-6-5-7-12-22)17-10-16-32-30(35)28-23-13-8-9-14-24(23)31(36)34-18-15-21-19-26(37-2)27(38-3)20-25(21)29(28)34/h5-9,11-14,19-20,28-29H,4,10,15-18H2,1-3H3,(H,32,35)/t28-,29+/m1/s1. The quantitative estimate of drug-likeness (QED) is 0.425. The van der Waals surface area contributed by atoms with Gasteiger partial charge in [-0.2, -0.15) is 0 Å². The molecule has 3 aromatic rings. The van der Waals surface area contributed by atoms with E-state index in [0.717, 1.165) is 36.2 Å². The Morgan fingerprint density at radius 3 is 2.45 bits per heavy atom. The number of anilines is 1. The van der Waals surface area contributed by atoms with Crippen LogP contribution < -0.4 is 19.7 Å². The predicted molar refractivity (Wildman–Crippen MR) is 148 cm³/mol. The highest BCUT2D eigenvalue weighted by Gasteiger charge is 2.46. The van der Waals surface area contributed by atoms with Gasteiger partial charge in [-0.05, 0) is 66.8 Å². The zero-order chi connectivity index (χ0) is 26.6. The highest BCUT2D eigenvalue weighted by atomic mass is 16.5. The second-order valence-corrected chi connectivity index (χ2v) is 9.72. The Balaban J connectivity index is 1.41. The van der Waals surface area contributed by atoms with Crippen molar-refractivity contribution in [1.29, 1.82) is 0 Å². The molecule has 0 radical (unpaired) electrons. The van der Waals surface area contributed by atoms with Gasteiger partial charge in [-0.1, -0.05) is 36.4 Å². The minimum Gasteiger partial charge on any atom is -0.493 e. The first-order valence-electron chi connectivity index (χ1n) is 13.3. The summed E-state index contributed by atoms with van der Waals surface area (Å²) >= 11 is 0. The normalized spacial score (nSPS) is 17.7. The van der Waals surface area contributed by atoms with Crippen LogP contribution in [-0.4, -0.2) is 57.1 Å². The summed E-state index contributed by atoms with van der Waals surface area (Å²) in [4.78, 5) is 31.6. The number of fused-ring (bicyclic) bond motifs is 4. The van der Waals surface area contributed by atoms with Crippen LogP contribution >= 0.6 is 0 Å². The van der Waals surface area contributed by atoms with Crippen LogP contribution in [0.4, 0.5) is 5.69 Å². The molecule has 7 heteroatoms. The van der Waals surface area contributed by atoms with Crippen molar-refractivity contribution < 1.29 is 19.1 Å². The van der Waals surface area contributed by atoms with Crippen LogP contribution in [0.2, 0.25) is 0 Å². The summed E-state index contributed by atoms with van der Waals surface area (Å²) in [7, 11) is 3.22. The molecule has 0 saturated heterocycles. The maximum absolute atomic E-state index is 13.9. The molecule has 38 heavy (non-hydrogen) atoms. The Morgan fingerprint density at radius 2 is 1.71 bits per heavy atom. The summed E-state index contributed by atoms with van der Waals surface area (Å²) in [5.41, 5.74) is 4.58. The van der Waals surface area contributed by atoms with Crippen LogP contribution in [0.3, 0.4) is 0 Å². The molecule has 198 valence electrons. The maximum atomic E-state index is 13.9. The highest BCUT2D eigenvalue weighted by molar-refractivity contribution is 6.01. The zero-order valence-electron chi connectivity index (χ0n) is 22.3. The molecule has 0 fully saturated rings. The molecule has 2 atom stereocenters. The van der Waals surface area contributed by atoms with E-state index in [2.05, 4.69) is 29.3 Å². The number of nitrogens with zero attached hydrogens (tertiary/aromatic N) is 2. The van der Waals surface area contributed by atoms with E-state index >= 15 is 0 Å². The fraction of sp³-hybridized carbons (Fsp3) is 0.355. The summed E-state index contributed by atoms with van der Waals surface area (Å²) < 4.78 is 11.1. The van der Waals surface area contributed by atoms with Gasteiger partial charge in [0.05, 0.1) is 26.2 Å². The van der Waals surface area contributed by atoms with Crippen molar-refractivity contribution in [2.24, 2.45) is 0 Å². The van der Waals surface area contributed by atoms with E-state index in [1.807, 2.05) is 59.5 Å². The zero-order valence-corrected chi connectivity index (χ0v) is 22.3. The topological polar surface area (TPSA) is 71.1 Å². The summed E-state index contributed by atoms with van der Waals surface area (Å²) in [6, 6.07) is 21.3. The number of para-hydroxylation sites is 1. The molecule has 3 aromatic carbocycles. The molecule has 1 N–H and O–H groups in total. The van der Waals surface area contributed by atoms with Crippen LogP contribution in [0, 0.1) is 0 Å². The minimum absolute atomic E-state index is 0.0310. The van der Waals surface area contributed by atoms with Gasteiger partial charge in [0, 0.05) is 37.4 Å². The molecule has 2 aliphatic rings. The van der Waals surface area contributed by atoms with Crippen LogP contribution in [0.25, 0.3) is 0 Å². The van der Waals surface area contributed by atoms with Gasteiger partial charge < -0.3 is 24.6 Å². The Labute approximate surface area is 224 Å². The second kappa shape index (κ2) is 11.2. The molecule has 0 unspecified atom stereocenters. The molecule has 2 amide bonds. The number of nitrogens with one attached hydrogen (secondary N) is 1. The average Bonchev–Trinajstić information content (AvgIpc) is 2.96. The first-order valence-corrected chi connectivity index (χ1v) is 13.3. The van der Waals surface area contributed by atoms with Crippen molar-refractivity contribution in [3.05, 3.63) is 89.0 Å². The van der Waals surface area contributed by atoms with Crippen LogP contribution in [0.5, 0.6) is 11.5 Å². The lowest BCUT2D eigenvalue weighted by molar-refractivity contribution is -0.124. The molecular formula is C31H35N3O4. The number of hydrogen-bond acceptors (Lipinski definition) is 5. The Kier molecular flexibility index (Phi) is 7.54. The Hall–Kier alpha value is -4.00. The molecule has 0 saturated carbocycles. The van der Waals surface area contributed by atoms with E-state index < -0.39 is 12.0 Å². The van der Waals surface area contributed by atoms with Crippen molar-refractivity contribution in [3.63, 3.8) is 0 Å². The molecule has 7 nitrogen and oxygen atoms in total. The van der Waals surface area contributed by atoms with Crippen molar-refractivity contribution in [2.45, 2.75) is 31.7 Å². The molecular weight excluding hydrogens is 478 g/mol. The summed E-state index contributed by atoms with van der Waals surface area (Å²) in [5, 5.41) is 3.19. The number of methoxy groups -OCH3 is 2. The summed E-state index contributed by atoms with van der Waals surface area (Å²) in [6.45, 7) is 4.98. The first-order chi connectivity index (χ1) is 18.6. The second-order valence-electron chi connectivity index (χ2n) is 9.72. The SMILES string of the molecule is CCN(CCCNC(=O)[C@@H]1c2ccccc2C(=O)N2CCc3cc(OC)c(OC)cc3[C@@H]12)c1ccccc1. The summed E-state index contributed by atoms with van der Waals surface area (Å²) in [6.07, 6.45) is 1.51. The van der Waals surface area contributed by atoms with Gasteiger partial charge in [0.1, 0.15) is 0 Å². The van der Waals surface area contributed by atoms with Gasteiger partial charge >= 0.3 is 0 Å². The third-order valence-electron chi connectivity index (χ3n) is 7.71. The number of carbonyl (C=O) groups excluding carboxylic acids is 2. The molecule has 0 aliphatic carbocycles. The lowest BCUT2D eigenvalue weighted by Gasteiger charge is -2.45. The van der Waals surface area contributed by atoms with E-state index in [1.165, 1.54) is 5.69 Å². The van der Waals surface area contributed by atoms with E-state index in [9.17, 15) is 9.59 Å². The lowest BCUT2D eigenvalue weighted by atomic mass is 9.75.